The summed E-state index contributed by atoms with van der Waals surface area (Å²) < 4.78 is 5.37. The number of nitrogens with one attached hydrogen (secondary N) is 1. The zero-order chi connectivity index (χ0) is 14.5. The van der Waals surface area contributed by atoms with Gasteiger partial charge >= 0.3 is 0 Å². The molecule has 2 N–H and O–H groups in total. The standard InChI is InChI=1S/C15H22N2O3/c1-3-20-14-8-11(4-6-13(14)18)9-16-12-5-7-15(19)17(2)10-12/h4,6,8,12,16,18H,3,5,7,9-10H2,1-2H3. The van der Waals surface area contributed by atoms with Crippen LogP contribution in [0.25, 0.3) is 0 Å². The van der Waals surface area contributed by atoms with Crippen LogP contribution < -0.4 is 10.1 Å². The van der Waals surface area contributed by atoms with Crippen LogP contribution in [0.15, 0.2) is 18.2 Å². The van der Waals surface area contributed by atoms with Crippen molar-refractivity contribution in [2.45, 2.75) is 32.4 Å². The minimum absolute atomic E-state index is 0.165. The van der Waals surface area contributed by atoms with Gasteiger partial charge in [-0.05, 0) is 31.0 Å². The van der Waals surface area contributed by atoms with E-state index in [-0.39, 0.29) is 11.7 Å². The van der Waals surface area contributed by atoms with Crippen molar-refractivity contribution in [3.8, 4) is 11.5 Å². The number of likely N-dealkylation sites (N-methyl/N-ethyl adjacent to an activating group) is 1. The van der Waals surface area contributed by atoms with E-state index in [1.165, 1.54) is 0 Å². The maximum absolute atomic E-state index is 11.4. The molecule has 0 radical (unpaired) electrons. The summed E-state index contributed by atoms with van der Waals surface area (Å²) in [7, 11) is 1.84. The Hall–Kier alpha value is -1.75. The smallest absolute Gasteiger partial charge is 0.222 e. The number of aromatic hydroxyl groups is 1. The molecule has 1 amide bonds. The molecule has 1 aromatic carbocycles. The maximum atomic E-state index is 11.4. The summed E-state index contributed by atoms with van der Waals surface area (Å²) in [5.74, 6) is 0.896. The third-order valence-electron chi connectivity index (χ3n) is 3.55. The van der Waals surface area contributed by atoms with Crippen molar-refractivity contribution in [1.29, 1.82) is 0 Å². The molecule has 1 fully saturated rings. The second kappa shape index (κ2) is 6.61. The van der Waals surface area contributed by atoms with Crippen LogP contribution in [0, 0.1) is 0 Å². The fraction of sp³-hybridized carbons (Fsp3) is 0.533. The molecule has 0 spiro atoms. The van der Waals surface area contributed by atoms with Gasteiger partial charge in [0, 0.05) is 32.6 Å². The molecule has 0 aliphatic carbocycles. The molecular weight excluding hydrogens is 256 g/mol. The average Bonchev–Trinajstić information content (AvgIpc) is 2.43. The number of hydrogen-bond acceptors (Lipinski definition) is 4. The first-order chi connectivity index (χ1) is 9.60. The minimum atomic E-state index is 0.165. The molecule has 0 bridgehead atoms. The Morgan fingerprint density at radius 3 is 3.00 bits per heavy atom. The zero-order valence-electron chi connectivity index (χ0n) is 12.1. The van der Waals surface area contributed by atoms with Gasteiger partial charge in [0.2, 0.25) is 5.91 Å². The lowest BCUT2D eigenvalue weighted by Gasteiger charge is -2.30. The fourth-order valence-electron chi connectivity index (χ4n) is 2.38. The lowest BCUT2D eigenvalue weighted by atomic mass is 10.1. The molecule has 2 rings (SSSR count). The maximum Gasteiger partial charge on any atom is 0.222 e. The summed E-state index contributed by atoms with van der Waals surface area (Å²) in [6.45, 7) is 3.86. The van der Waals surface area contributed by atoms with Crippen molar-refractivity contribution in [2.24, 2.45) is 0 Å². The third-order valence-corrected chi connectivity index (χ3v) is 3.55. The number of phenolic OH excluding ortho intramolecular Hbond substituents is 1. The van der Waals surface area contributed by atoms with Gasteiger partial charge in [-0.2, -0.15) is 0 Å². The van der Waals surface area contributed by atoms with Crippen LogP contribution in [-0.4, -0.2) is 42.2 Å². The van der Waals surface area contributed by atoms with E-state index >= 15 is 0 Å². The number of piperidine rings is 1. The van der Waals surface area contributed by atoms with Crippen LogP contribution in [0.1, 0.15) is 25.3 Å². The highest BCUT2D eigenvalue weighted by Gasteiger charge is 2.22. The van der Waals surface area contributed by atoms with E-state index in [0.29, 0.717) is 31.4 Å². The molecule has 1 aliphatic rings. The second-order valence-electron chi connectivity index (χ2n) is 5.13. The van der Waals surface area contributed by atoms with Crippen LogP contribution in [0.3, 0.4) is 0 Å². The summed E-state index contributed by atoms with van der Waals surface area (Å²) >= 11 is 0. The summed E-state index contributed by atoms with van der Waals surface area (Å²) in [4.78, 5) is 13.2. The highest BCUT2D eigenvalue weighted by atomic mass is 16.5. The normalized spacial score (nSPS) is 19.2. The first kappa shape index (κ1) is 14.7. The van der Waals surface area contributed by atoms with Crippen LogP contribution in [0.2, 0.25) is 0 Å². The third kappa shape index (κ3) is 3.63. The molecule has 0 saturated carbocycles. The molecule has 20 heavy (non-hydrogen) atoms. The Morgan fingerprint density at radius 2 is 2.30 bits per heavy atom. The topological polar surface area (TPSA) is 61.8 Å². The number of amides is 1. The van der Waals surface area contributed by atoms with Gasteiger partial charge in [-0.3, -0.25) is 4.79 Å². The van der Waals surface area contributed by atoms with Crippen molar-refractivity contribution in [3.63, 3.8) is 0 Å². The Balaban J connectivity index is 1.90. The fourth-order valence-corrected chi connectivity index (χ4v) is 2.38. The van der Waals surface area contributed by atoms with Gasteiger partial charge < -0.3 is 20.1 Å². The minimum Gasteiger partial charge on any atom is -0.504 e. The number of nitrogens with zero attached hydrogens (tertiary/aromatic N) is 1. The van der Waals surface area contributed by atoms with Crippen LogP contribution in [0.4, 0.5) is 0 Å². The van der Waals surface area contributed by atoms with E-state index < -0.39 is 0 Å². The number of likely N-dealkylation sites (tertiary alicyclic amines) is 1. The van der Waals surface area contributed by atoms with Crippen LogP contribution >= 0.6 is 0 Å². The lowest BCUT2D eigenvalue weighted by Crippen LogP contribution is -2.46. The number of rotatable bonds is 5. The SMILES string of the molecule is CCOc1cc(CNC2CCC(=O)N(C)C2)ccc1O. The molecule has 1 saturated heterocycles. The number of benzene rings is 1. The number of hydrogen-bond donors (Lipinski definition) is 2. The van der Waals surface area contributed by atoms with Gasteiger partial charge in [-0.15, -0.1) is 0 Å². The molecule has 1 heterocycles. The molecule has 1 unspecified atom stereocenters. The molecule has 110 valence electrons. The molecular formula is C15H22N2O3. The molecule has 5 nitrogen and oxygen atoms in total. The highest BCUT2D eigenvalue weighted by molar-refractivity contribution is 5.76. The van der Waals surface area contributed by atoms with Gasteiger partial charge in [0.05, 0.1) is 6.61 Å². The van der Waals surface area contributed by atoms with Crippen LogP contribution in [-0.2, 0) is 11.3 Å². The highest BCUT2D eigenvalue weighted by Crippen LogP contribution is 2.26. The van der Waals surface area contributed by atoms with Gasteiger partial charge in [-0.1, -0.05) is 6.07 Å². The zero-order valence-corrected chi connectivity index (χ0v) is 12.1. The lowest BCUT2D eigenvalue weighted by molar-refractivity contribution is -0.132. The summed E-state index contributed by atoms with van der Waals surface area (Å²) in [5, 5.41) is 13.1. The second-order valence-corrected chi connectivity index (χ2v) is 5.13. The Morgan fingerprint density at radius 1 is 1.50 bits per heavy atom. The van der Waals surface area contributed by atoms with Crippen LogP contribution in [0.5, 0.6) is 11.5 Å². The number of carbonyl (C=O) groups is 1. The molecule has 1 aliphatic heterocycles. The van der Waals surface area contributed by atoms with E-state index in [1.54, 1.807) is 11.0 Å². The van der Waals surface area contributed by atoms with Crippen molar-refractivity contribution in [3.05, 3.63) is 23.8 Å². The molecule has 1 atom stereocenters. The van der Waals surface area contributed by atoms with Gasteiger partial charge in [0.25, 0.3) is 0 Å². The van der Waals surface area contributed by atoms with Crippen molar-refractivity contribution >= 4 is 5.91 Å². The predicted octanol–water partition coefficient (Wildman–Crippen LogP) is 1.50. The quantitative estimate of drug-likeness (QED) is 0.857. The van der Waals surface area contributed by atoms with E-state index in [4.69, 9.17) is 4.74 Å². The van der Waals surface area contributed by atoms with Crippen molar-refractivity contribution < 1.29 is 14.6 Å². The Kier molecular flexibility index (Phi) is 4.84. The van der Waals surface area contributed by atoms with Crippen molar-refractivity contribution in [1.82, 2.24) is 10.2 Å². The van der Waals surface area contributed by atoms with E-state index in [9.17, 15) is 9.90 Å². The van der Waals surface area contributed by atoms with E-state index in [2.05, 4.69) is 5.32 Å². The van der Waals surface area contributed by atoms with Gasteiger partial charge in [0.1, 0.15) is 0 Å². The predicted molar refractivity (Wildman–Crippen MR) is 76.8 cm³/mol. The van der Waals surface area contributed by atoms with Gasteiger partial charge in [0.15, 0.2) is 11.5 Å². The summed E-state index contributed by atoms with van der Waals surface area (Å²) in [6.07, 6.45) is 1.48. The van der Waals surface area contributed by atoms with E-state index in [0.717, 1.165) is 18.5 Å². The summed E-state index contributed by atoms with van der Waals surface area (Å²) in [5.41, 5.74) is 1.06. The van der Waals surface area contributed by atoms with E-state index in [1.807, 2.05) is 26.1 Å². The first-order valence-corrected chi connectivity index (χ1v) is 7.02. The summed E-state index contributed by atoms with van der Waals surface area (Å²) in [6, 6.07) is 5.70. The monoisotopic (exact) mass is 278 g/mol. The molecule has 1 aromatic rings. The van der Waals surface area contributed by atoms with Gasteiger partial charge in [-0.25, -0.2) is 0 Å². The largest absolute Gasteiger partial charge is 0.504 e. The van der Waals surface area contributed by atoms with Crippen molar-refractivity contribution in [2.75, 3.05) is 20.2 Å². The number of carbonyl (C=O) groups excluding carboxylic acids is 1. The number of phenols is 1. The average molecular weight is 278 g/mol. The Bertz CT molecular complexity index is 476. The molecule has 0 aromatic heterocycles. The first-order valence-electron chi connectivity index (χ1n) is 7.02. The number of ether oxygens (including phenoxy) is 1. The Labute approximate surface area is 119 Å². The molecule has 5 heteroatoms.